The minimum Gasteiger partial charge on any atom is -0.337 e. The molecule has 0 atom stereocenters. The van der Waals surface area contributed by atoms with Crippen LogP contribution in [0.4, 0.5) is 0 Å². The van der Waals surface area contributed by atoms with Gasteiger partial charge in [-0.3, -0.25) is 9.59 Å². The molecule has 2 aromatic carbocycles. The molecule has 1 heterocycles. The molecule has 2 aromatic rings. The summed E-state index contributed by atoms with van der Waals surface area (Å²) in [5.41, 5.74) is 1.32. The number of hydrogen-bond acceptors (Lipinski definition) is 2. The van der Waals surface area contributed by atoms with E-state index in [2.05, 4.69) is 0 Å². The summed E-state index contributed by atoms with van der Waals surface area (Å²) < 4.78 is 0. The summed E-state index contributed by atoms with van der Waals surface area (Å²) in [6.45, 7) is 2.41. The van der Waals surface area contributed by atoms with E-state index in [9.17, 15) is 9.59 Å². The Morgan fingerprint density at radius 1 is 0.708 bits per heavy atom. The molecule has 1 saturated heterocycles. The van der Waals surface area contributed by atoms with Crippen molar-refractivity contribution in [2.75, 3.05) is 26.2 Å². The molecule has 124 valence electrons. The molecular formula is C19H19ClN2O2. The Labute approximate surface area is 146 Å². The Bertz CT molecular complexity index is 716. The zero-order valence-electron chi connectivity index (χ0n) is 13.3. The molecular weight excluding hydrogens is 324 g/mol. The van der Waals surface area contributed by atoms with E-state index in [0.29, 0.717) is 42.3 Å². The summed E-state index contributed by atoms with van der Waals surface area (Å²) in [6, 6.07) is 16.2. The van der Waals surface area contributed by atoms with Crippen LogP contribution in [0.15, 0.2) is 54.6 Å². The summed E-state index contributed by atoms with van der Waals surface area (Å²) in [7, 11) is 0. The summed E-state index contributed by atoms with van der Waals surface area (Å²) in [6.07, 6.45) is 0.776. The Balaban J connectivity index is 1.65. The molecule has 0 unspecified atom stereocenters. The molecule has 24 heavy (non-hydrogen) atoms. The normalized spacial score (nSPS) is 15.0. The first kappa shape index (κ1) is 16.5. The number of amides is 2. The fraction of sp³-hybridized carbons (Fsp3) is 0.263. The van der Waals surface area contributed by atoms with Crippen molar-refractivity contribution < 1.29 is 9.59 Å². The van der Waals surface area contributed by atoms with E-state index in [4.69, 9.17) is 11.6 Å². The van der Waals surface area contributed by atoms with Crippen LogP contribution in [0.25, 0.3) is 0 Å². The fourth-order valence-electron chi connectivity index (χ4n) is 2.86. The average molecular weight is 343 g/mol. The van der Waals surface area contributed by atoms with Crippen molar-refractivity contribution in [1.29, 1.82) is 0 Å². The first-order valence-electron chi connectivity index (χ1n) is 8.04. The molecule has 0 N–H and O–H groups in total. The lowest BCUT2D eigenvalue weighted by molar-refractivity contribution is 0.0719. The maximum Gasteiger partial charge on any atom is 0.253 e. The van der Waals surface area contributed by atoms with E-state index in [1.807, 2.05) is 40.1 Å². The molecule has 0 aliphatic carbocycles. The van der Waals surface area contributed by atoms with E-state index in [1.165, 1.54) is 0 Å². The highest BCUT2D eigenvalue weighted by Gasteiger charge is 2.23. The highest BCUT2D eigenvalue weighted by atomic mass is 35.5. The number of carbonyl (C=O) groups is 2. The van der Waals surface area contributed by atoms with Gasteiger partial charge in [-0.2, -0.15) is 0 Å². The van der Waals surface area contributed by atoms with Crippen LogP contribution in [0.1, 0.15) is 27.1 Å². The van der Waals surface area contributed by atoms with Gasteiger partial charge in [0.25, 0.3) is 11.8 Å². The molecule has 0 bridgehead atoms. The van der Waals surface area contributed by atoms with Gasteiger partial charge in [0.2, 0.25) is 0 Å². The second-order valence-electron chi connectivity index (χ2n) is 5.81. The number of benzene rings is 2. The lowest BCUT2D eigenvalue weighted by atomic mass is 10.2. The molecule has 1 fully saturated rings. The van der Waals surface area contributed by atoms with Gasteiger partial charge in [-0.15, -0.1) is 0 Å². The zero-order valence-corrected chi connectivity index (χ0v) is 14.1. The molecule has 0 aromatic heterocycles. The maximum atomic E-state index is 12.6. The quantitative estimate of drug-likeness (QED) is 0.840. The van der Waals surface area contributed by atoms with Crippen LogP contribution in [0.3, 0.4) is 0 Å². The molecule has 3 rings (SSSR count). The first-order valence-corrected chi connectivity index (χ1v) is 8.42. The van der Waals surface area contributed by atoms with Gasteiger partial charge in [0.05, 0.1) is 0 Å². The SMILES string of the molecule is O=C(c1ccccc1)N1CCCN(C(=O)c2ccc(Cl)cc2)CC1. The van der Waals surface area contributed by atoms with Gasteiger partial charge < -0.3 is 9.80 Å². The summed E-state index contributed by atoms with van der Waals surface area (Å²) >= 11 is 5.87. The Morgan fingerprint density at radius 2 is 1.21 bits per heavy atom. The number of nitrogens with zero attached hydrogens (tertiary/aromatic N) is 2. The number of halogens is 1. The van der Waals surface area contributed by atoms with E-state index in [0.717, 1.165) is 6.42 Å². The van der Waals surface area contributed by atoms with Crippen LogP contribution >= 0.6 is 11.6 Å². The van der Waals surface area contributed by atoms with Crippen molar-refractivity contribution in [3.63, 3.8) is 0 Å². The Morgan fingerprint density at radius 3 is 1.75 bits per heavy atom. The summed E-state index contributed by atoms with van der Waals surface area (Å²) in [5.74, 6) is 0.0112. The molecule has 1 aliphatic heterocycles. The van der Waals surface area contributed by atoms with Gasteiger partial charge >= 0.3 is 0 Å². The summed E-state index contributed by atoms with van der Waals surface area (Å²) in [5, 5.41) is 0.613. The largest absolute Gasteiger partial charge is 0.337 e. The van der Waals surface area contributed by atoms with Gasteiger partial charge in [0, 0.05) is 42.3 Å². The highest BCUT2D eigenvalue weighted by molar-refractivity contribution is 6.30. The third-order valence-corrected chi connectivity index (χ3v) is 4.43. The van der Waals surface area contributed by atoms with Crippen LogP contribution in [-0.2, 0) is 0 Å². The highest BCUT2D eigenvalue weighted by Crippen LogP contribution is 2.14. The third-order valence-electron chi connectivity index (χ3n) is 4.18. The van der Waals surface area contributed by atoms with E-state index >= 15 is 0 Å². The monoisotopic (exact) mass is 342 g/mol. The Hall–Kier alpha value is -2.33. The number of carbonyl (C=O) groups excluding carboxylic acids is 2. The predicted octanol–water partition coefficient (Wildman–Crippen LogP) is 3.33. The molecule has 0 radical (unpaired) electrons. The molecule has 0 spiro atoms. The molecule has 2 amide bonds. The smallest absolute Gasteiger partial charge is 0.253 e. The van der Waals surface area contributed by atoms with E-state index in [-0.39, 0.29) is 11.8 Å². The second-order valence-corrected chi connectivity index (χ2v) is 6.25. The van der Waals surface area contributed by atoms with Crippen molar-refractivity contribution in [3.05, 3.63) is 70.7 Å². The van der Waals surface area contributed by atoms with Crippen molar-refractivity contribution >= 4 is 23.4 Å². The average Bonchev–Trinajstić information content (AvgIpc) is 2.88. The van der Waals surface area contributed by atoms with Crippen molar-refractivity contribution in [2.45, 2.75) is 6.42 Å². The van der Waals surface area contributed by atoms with Crippen LogP contribution in [0, 0.1) is 0 Å². The first-order chi connectivity index (χ1) is 11.6. The number of hydrogen-bond donors (Lipinski definition) is 0. The minimum absolute atomic E-state index is 0.0133. The molecule has 1 aliphatic rings. The van der Waals surface area contributed by atoms with Crippen LogP contribution < -0.4 is 0 Å². The van der Waals surface area contributed by atoms with E-state index < -0.39 is 0 Å². The second kappa shape index (κ2) is 7.49. The predicted molar refractivity (Wildman–Crippen MR) is 94.3 cm³/mol. The fourth-order valence-corrected chi connectivity index (χ4v) is 2.99. The number of rotatable bonds is 2. The minimum atomic E-state index is -0.0133. The van der Waals surface area contributed by atoms with Crippen LogP contribution in [0.5, 0.6) is 0 Å². The topological polar surface area (TPSA) is 40.6 Å². The van der Waals surface area contributed by atoms with E-state index in [1.54, 1.807) is 24.3 Å². The Kier molecular flexibility index (Phi) is 5.16. The zero-order chi connectivity index (χ0) is 16.9. The lowest BCUT2D eigenvalue weighted by Gasteiger charge is -2.22. The van der Waals surface area contributed by atoms with Crippen molar-refractivity contribution in [3.8, 4) is 0 Å². The third kappa shape index (κ3) is 3.77. The standard InChI is InChI=1S/C19H19ClN2O2/c20-17-9-7-16(8-10-17)19(24)22-12-4-11-21(13-14-22)18(23)15-5-2-1-3-6-15/h1-3,5-10H,4,11-14H2. The van der Waals surface area contributed by atoms with Gasteiger partial charge in [0.15, 0.2) is 0 Å². The molecule has 4 nitrogen and oxygen atoms in total. The van der Waals surface area contributed by atoms with Crippen molar-refractivity contribution in [2.24, 2.45) is 0 Å². The summed E-state index contributed by atoms with van der Waals surface area (Å²) in [4.78, 5) is 28.8. The van der Waals surface area contributed by atoms with Gasteiger partial charge in [-0.25, -0.2) is 0 Å². The van der Waals surface area contributed by atoms with Crippen LogP contribution in [0.2, 0.25) is 5.02 Å². The maximum absolute atomic E-state index is 12.6. The molecule has 5 heteroatoms. The van der Waals surface area contributed by atoms with Gasteiger partial charge in [-0.1, -0.05) is 29.8 Å². The van der Waals surface area contributed by atoms with Gasteiger partial charge in [0.1, 0.15) is 0 Å². The molecule has 0 saturated carbocycles. The lowest BCUT2D eigenvalue weighted by Crippen LogP contribution is -2.37. The van der Waals surface area contributed by atoms with Crippen molar-refractivity contribution in [1.82, 2.24) is 9.80 Å². The van der Waals surface area contributed by atoms with Gasteiger partial charge in [-0.05, 0) is 42.8 Å². The van der Waals surface area contributed by atoms with Crippen LogP contribution in [-0.4, -0.2) is 47.8 Å².